The number of hydrogen-bond donors (Lipinski definition) is 2. The van der Waals surface area contributed by atoms with Crippen LogP contribution < -0.4 is 5.32 Å². The summed E-state index contributed by atoms with van der Waals surface area (Å²) >= 11 is 0. The number of hydrogen-bond acceptors (Lipinski definition) is 3. The Kier molecular flexibility index (Phi) is 5.14. The predicted octanol–water partition coefficient (Wildman–Crippen LogP) is 2.62. The van der Waals surface area contributed by atoms with E-state index in [4.69, 9.17) is 0 Å². The van der Waals surface area contributed by atoms with E-state index in [9.17, 15) is 14.7 Å². The van der Waals surface area contributed by atoms with Crippen molar-refractivity contribution in [2.45, 2.75) is 13.0 Å². The number of rotatable bonds is 5. The van der Waals surface area contributed by atoms with Crippen molar-refractivity contribution in [3.63, 3.8) is 0 Å². The number of benzene rings is 2. The Hall–Kier alpha value is -2.66. The van der Waals surface area contributed by atoms with Crippen molar-refractivity contribution in [2.75, 3.05) is 20.1 Å². The van der Waals surface area contributed by atoms with E-state index >= 15 is 0 Å². The number of nitrogens with one attached hydrogen (secondary N) is 1. The van der Waals surface area contributed by atoms with Gasteiger partial charge in [-0.15, -0.1) is 0 Å². The van der Waals surface area contributed by atoms with Gasteiger partial charge in [0.05, 0.1) is 11.5 Å². The van der Waals surface area contributed by atoms with Crippen LogP contribution in [-0.4, -0.2) is 42.0 Å². The fourth-order valence-corrected chi connectivity index (χ4v) is 3.36. The van der Waals surface area contributed by atoms with Gasteiger partial charge in [0.15, 0.2) is 0 Å². The van der Waals surface area contributed by atoms with E-state index in [0.29, 0.717) is 5.56 Å². The highest BCUT2D eigenvalue weighted by Gasteiger charge is 2.27. The molecule has 1 fully saturated rings. The van der Waals surface area contributed by atoms with E-state index < -0.39 is 5.97 Å². The number of nitrogens with zero attached hydrogens (tertiary/aromatic N) is 1. The van der Waals surface area contributed by atoms with Crippen molar-refractivity contribution in [3.8, 4) is 11.1 Å². The standard InChI is InChI=1S/C20H22N2O3/c1-21-19(23)16-10-11-22(13-16)12-14-6-8-15(9-7-14)17-4-2-3-5-18(17)20(24)25/h2-9,16H,10-13H2,1H3,(H,21,23)(H,24,25). The number of carbonyl (C=O) groups excluding carboxylic acids is 1. The van der Waals surface area contributed by atoms with Gasteiger partial charge in [0.25, 0.3) is 0 Å². The Labute approximate surface area is 147 Å². The molecule has 0 saturated carbocycles. The van der Waals surface area contributed by atoms with Gasteiger partial charge in [0.1, 0.15) is 0 Å². The molecule has 2 N–H and O–H groups in total. The number of amides is 1. The van der Waals surface area contributed by atoms with Crippen molar-refractivity contribution in [1.29, 1.82) is 0 Å². The topological polar surface area (TPSA) is 69.6 Å². The van der Waals surface area contributed by atoms with Gasteiger partial charge in [0, 0.05) is 20.1 Å². The molecule has 2 aromatic carbocycles. The third kappa shape index (κ3) is 3.88. The molecule has 1 aliphatic heterocycles. The van der Waals surface area contributed by atoms with Gasteiger partial charge in [-0.2, -0.15) is 0 Å². The summed E-state index contributed by atoms with van der Waals surface area (Å²) in [6.45, 7) is 2.50. The predicted molar refractivity (Wildman–Crippen MR) is 96.3 cm³/mol. The van der Waals surface area contributed by atoms with Gasteiger partial charge >= 0.3 is 5.97 Å². The minimum absolute atomic E-state index is 0.0757. The molecule has 5 nitrogen and oxygen atoms in total. The Bertz CT molecular complexity index is 771. The van der Waals surface area contributed by atoms with E-state index in [1.54, 1.807) is 19.2 Å². The smallest absolute Gasteiger partial charge is 0.336 e. The van der Waals surface area contributed by atoms with Crippen molar-refractivity contribution in [2.24, 2.45) is 5.92 Å². The van der Waals surface area contributed by atoms with Gasteiger partial charge in [0.2, 0.25) is 5.91 Å². The SMILES string of the molecule is CNC(=O)C1CCN(Cc2ccc(-c3ccccc3C(=O)O)cc2)C1. The van der Waals surface area contributed by atoms with Crippen LogP contribution in [0.4, 0.5) is 0 Å². The summed E-state index contributed by atoms with van der Waals surface area (Å²) in [5.74, 6) is -0.730. The Balaban J connectivity index is 1.70. The van der Waals surface area contributed by atoms with Crippen LogP contribution in [0.3, 0.4) is 0 Å². The molecule has 1 heterocycles. The zero-order valence-corrected chi connectivity index (χ0v) is 14.2. The second kappa shape index (κ2) is 7.49. The summed E-state index contributed by atoms with van der Waals surface area (Å²) in [7, 11) is 1.68. The number of likely N-dealkylation sites (tertiary alicyclic amines) is 1. The maximum absolute atomic E-state index is 11.7. The van der Waals surface area contributed by atoms with Crippen molar-refractivity contribution >= 4 is 11.9 Å². The van der Waals surface area contributed by atoms with Crippen LogP contribution in [0.5, 0.6) is 0 Å². The molecule has 0 radical (unpaired) electrons. The summed E-state index contributed by atoms with van der Waals surface area (Å²) in [6.07, 6.45) is 0.893. The van der Waals surface area contributed by atoms with Gasteiger partial charge in [-0.3, -0.25) is 9.69 Å². The monoisotopic (exact) mass is 338 g/mol. The average molecular weight is 338 g/mol. The first kappa shape index (κ1) is 17.2. The molecule has 1 saturated heterocycles. The lowest BCUT2D eigenvalue weighted by molar-refractivity contribution is -0.124. The zero-order chi connectivity index (χ0) is 17.8. The normalized spacial score (nSPS) is 17.4. The molecule has 3 rings (SSSR count). The van der Waals surface area contributed by atoms with Crippen molar-refractivity contribution < 1.29 is 14.7 Å². The number of carboxylic acids is 1. The van der Waals surface area contributed by atoms with Gasteiger partial charge < -0.3 is 10.4 Å². The quantitative estimate of drug-likeness (QED) is 0.879. The minimum Gasteiger partial charge on any atom is -0.478 e. The molecule has 1 aliphatic rings. The fraction of sp³-hybridized carbons (Fsp3) is 0.300. The van der Waals surface area contributed by atoms with E-state index in [2.05, 4.69) is 10.2 Å². The van der Waals surface area contributed by atoms with E-state index in [1.165, 1.54) is 0 Å². The molecule has 0 spiro atoms. The number of aromatic carboxylic acids is 1. The molecule has 25 heavy (non-hydrogen) atoms. The van der Waals surface area contributed by atoms with Crippen LogP contribution in [0, 0.1) is 5.92 Å². The molecule has 0 aliphatic carbocycles. The maximum atomic E-state index is 11.7. The molecule has 1 amide bonds. The molecule has 1 atom stereocenters. The summed E-state index contributed by atoms with van der Waals surface area (Å²) in [5, 5.41) is 12.0. The van der Waals surface area contributed by atoms with Gasteiger partial charge in [-0.25, -0.2) is 4.79 Å². The minimum atomic E-state index is -0.919. The molecule has 130 valence electrons. The summed E-state index contributed by atoms with van der Waals surface area (Å²) in [5.41, 5.74) is 3.09. The first-order chi connectivity index (χ1) is 12.1. The number of carboxylic acid groups (broad SMARTS) is 1. The van der Waals surface area contributed by atoms with Crippen LogP contribution in [0.25, 0.3) is 11.1 Å². The Morgan fingerprint density at radius 3 is 2.56 bits per heavy atom. The summed E-state index contributed by atoms with van der Waals surface area (Å²) < 4.78 is 0. The molecular formula is C20H22N2O3. The van der Waals surface area contributed by atoms with Gasteiger partial charge in [-0.05, 0) is 35.7 Å². The van der Waals surface area contributed by atoms with Crippen LogP contribution in [0.15, 0.2) is 48.5 Å². The molecule has 5 heteroatoms. The highest BCUT2D eigenvalue weighted by atomic mass is 16.4. The first-order valence-electron chi connectivity index (χ1n) is 8.44. The number of carbonyl (C=O) groups is 2. The largest absolute Gasteiger partial charge is 0.478 e. The fourth-order valence-electron chi connectivity index (χ4n) is 3.36. The molecule has 0 bridgehead atoms. The highest BCUT2D eigenvalue weighted by molar-refractivity contribution is 5.95. The highest BCUT2D eigenvalue weighted by Crippen LogP contribution is 2.25. The maximum Gasteiger partial charge on any atom is 0.336 e. The lowest BCUT2D eigenvalue weighted by atomic mass is 9.98. The van der Waals surface area contributed by atoms with E-state index in [1.807, 2.05) is 36.4 Å². The van der Waals surface area contributed by atoms with Crippen LogP contribution in [0.2, 0.25) is 0 Å². The average Bonchev–Trinajstić information content (AvgIpc) is 3.10. The van der Waals surface area contributed by atoms with E-state index in [0.717, 1.165) is 42.7 Å². The lowest BCUT2D eigenvalue weighted by Gasteiger charge is -2.16. The third-order valence-electron chi connectivity index (χ3n) is 4.72. The first-order valence-corrected chi connectivity index (χ1v) is 8.44. The van der Waals surface area contributed by atoms with Crippen molar-refractivity contribution in [3.05, 3.63) is 59.7 Å². The third-order valence-corrected chi connectivity index (χ3v) is 4.72. The summed E-state index contributed by atoms with van der Waals surface area (Å²) in [4.78, 5) is 25.4. The molecule has 2 aromatic rings. The summed E-state index contributed by atoms with van der Waals surface area (Å²) in [6, 6.07) is 15.0. The van der Waals surface area contributed by atoms with Gasteiger partial charge in [-0.1, -0.05) is 42.5 Å². The second-order valence-corrected chi connectivity index (χ2v) is 6.38. The molecule has 1 unspecified atom stereocenters. The second-order valence-electron chi connectivity index (χ2n) is 6.38. The van der Waals surface area contributed by atoms with E-state index in [-0.39, 0.29) is 11.8 Å². The van der Waals surface area contributed by atoms with Crippen LogP contribution in [-0.2, 0) is 11.3 Å². The Morgan fingerprint density at radius 2 is 1.88 bits per heavy atom. The van der Waals surface area contributed by atoms with Crippen LogP contribution in [0.1, 0.15) is 22.3 Å². The zero-order valence-electron chi connectivity index (χ0n) is 14.2. The molecule has 0 aromatic heterocycles. The Morgan fingerprint density at radius 1 is 1.16 bits per heavy atom. The van der Waals surface area contributed by atoms with Crippen LogP contribution >= 0.6 is 0 Å². The lowest BCUT2D eigenvalue weighted by Crippen LogP contribution is -2.30. The molecular weight excluding hydrogens is 316 g/mol. The van der Waals surface area contributed by atoms with Crippen molar-refractivity contribution in [1.82, 2.24) is 10.2 Å².